The van der Waals surface area contributed by atoms with Crippen LogP contribution in [0.25, 0.3) is 22.7 Å². The van der Waals surface area contributed by atoms with E-state index in [-0.39, 0.29) is 11.9 Å². The van der Waals surface area contributed by atoms with Gasteiger partial charge in [-0.25, -0.2) is 4.68 Å². The van der Waals surface area contributed by atoms with Gasteiger partial charge >= 0.3 is 0 Å². The maximum absolute atomic E-state index is 12.3. The maximum Gasteiger partial charge on any atom is 0.244 e. The molecular weight excluding hydrogens is 408 g/mol. The molecule has 31 heavy (non-hydrogen) atoms. The van der Waals surface area contributed by atoms with Gasteiger partial charge in [0.15, 0.2) is 0 Å². The number of aromatic nitrogens is 3. The number of carbonyl (C=O) groups excluding carboxylic acids is 1. The zero-order chi connectivity index (χ0) is 21.2. The fraction of sp³-hybridized carbons (Fsp3) is 0.208. The summed E-state index contributed by atoms with van der Waals surface area (Å²) in [5.41, 5.74) is 4.13. The van der Waals surface area contributed by atoms with Gasteiger partial charge in [-0.2, -0.15) is 5.10 Å². The Labute approximate surface area is 184 Å². The first-order valence-corrected chi connectivity index (χ1v) is 11.1. The highest BCUT2D eigenvalue weighted by molar-refractivity contribution is 7.10. The normalized spacial score (nSPS) is 15.8. The van der Waals surface area contributed by atoms with Crippen molar-refractivity contribution in [1.82, 2.24) is 20.1 Å². The van der Waals surface area contributed by atoms with Gasteiger partial charge in [0.25, 0.3) is 0 Å². The van der Waals surface area contributed by atoms with Crippen LogP contribution in [-0.2, 0) is 17.6 Å². The molecule has 1 aliphatic carbocycles. The minimum atomic E-state index is -0.0542. The number of thiophene rings is 1. The molecule has 4 aromatic rings. The van der Waals surface area contributed by atoms with Gasteiger partial charge in [0, 0.05) is 34.8 Å². The van der Waals surface area contributed by atoms with Crippen LogP contribution in [-0.4, -0.2) is 33.8 Å². The van der Waals surface area contributed by atoms with Crippen LogP contribution in [0.4, 0.5) is 0 Å². The molecule has 7 heteroatoms. The SMILES string of the molecule is COc1ccc2nccc(-n3cc4c(n3)CCC(NC(=O)/C=C/c3cccs3)C4)c2c1. The molecule has 1 atom stereocenters. The Morgan fingerprint density at radius 1 is 1.32 bits per heavy atom. The number of benzene rings is 1. The lowest BCUT2D eigenvalue weighted by atomic mass is 9.93. The third kappa shape index (κ3) is 4.09. The van der Waals surface area contributed by atoms with Crippen LogP contribution < -0.4 is 10.1 Å². The lowest BCUT2D eigenvalue weighted by Crippen LogP contribution is -2.37. The summed E-state index contributed by atoms with van der Waals surface area (Å²) >= 11 is 1.62. The molecule has 1 N–H and O–H groups in total. The molecule has 3 aromatic heterocycles. The summed E-state index contributed by atoms with van der Waals surface area (Å²) in [4.78, 5) is 17.8. The summed E-state index contributed by atoms with van der Waals surface area (Å²) in [5.74, 6) is 0.735. The van der Waals surface area contributed by atoms with Gasteiger partial charge in [-0.3, -0.25) is 9.78 Å². The monoisotopic (exact) mass is 430 g/mol. The fourth-order valence-corrected chi connectivity index (χ4v) is 4.60. The van der Waals surface area contributed by atoms with Gasteiger partial charge in [-0.15, -0.1) is 11.3 Å². The highest BCUT2D eigenvalue weighted by Crippen LogP contribution is 2.27. The minimum Gasteiger partial charge on any atom is -0.497 e. The lowest BCUT2D eigenvalue weighted by molar-refractivity contribution is -0.117. The van der Waals surface area contributed by atoms with Crippen LogP contribution in [0.1, 0.15) is 22.6 Å². The molecule has 1 aliphatic rings. The predicted octanol–water partition coefficient (Wildman–Crippen LogP) is 4.18. The average Bonchev–Trinajstić information content (AvgIpc) is 3.46. The summed E-state index contributed by atoms with van der Waals surface area (Å²) < 4.78 is 7.31. The zero-order valence-electron chi connectivity index (χ0n) is 17.1. The number of ether oxygens (including phenoxy) is 1. The second-order valence-corrected chi connectivity index (χ2v) is 8.54. The number of fused-ring (bicyclic) bond motifs is 2. The summed E-state index contributed by atoms with van der Waals surface area (Å²) in [6.07, 6.45) is 9.84. The summed E-state index contributed by atoms with van der Waals surface area (Å²) in [5, 5.41) is 11.0. The van der Waals surface area contributed by atoms with Crippen molar-refractivity contribution in [1.29, 1.82) is 0 Å². The van der Waals surface area contributed by atoms with Gasteiger partial charge in [0.2, 0.25) is 5.91 Å². The van der Waals surface area contributed by atoms with Crippen molar-refractivity contribution < 1.29 is 9.53 Å². The Kier molecular flexibility index (Phi) is 5.26. The molecule has 5 rings (SSSR count). The molecule has 0 fully saturated rings. The van der Waals surface area contributed by atoms with Crippen molar-refractivity contribution in [2.45, 2.75) is 25.3 Å². The average molecular weight is 431 g/mol. The molecule has 0 spiro atoms. The molecule has 0 saturated carbocycles. The van der Waals surface area contributed by atoms with Crippen LogP contribution in [0, 0.1) is 0 Å². The molecule has 0 saturated heterocycles. The van der Waals surface area contributed by atoms with E-state index >= 15 is 0 Å². The Hall–Kier alpha value is -3.45. The number of aryl methyl sites for hydroxylation is 1. The van der Waals surface area contributed by atoms with Crippen molar-refractivity contribution in [2.75, 3.05) is 7.11 Å². The molecule has 3 heterocycles. The Balaban J connectivity index is 1.35. The topological polar surface area (TPSA) is 69.0 Å². The summed E-state index contributed by atoms with van der Waals surface area (Å²) in [7, 11) is 1.66. The number of rotatable bonds is 5. The first-order chi connectivity index (χ1) is 15.2. The van der Waals surface area contributed by atoms with Gasteiger partial charge in [0.05, 0.1) is 24.0 Å². The van der Waals surface area contributed by atoms with E-state index in [0.717, 1.165) is 52.2 Å². The van der Waals surface area contributed by atoms with Gasteiger partial charge in [-0.05, 0) is 66.6 Å². The van der Waals surface area contributed by atoms with Gasteiger partial charge in [-0.1, -0.05) is 6.07 Å². The highest BCUT2D eigenvalue weighted by Gasteiger charge is 2.23. The molecule has 156 valence electrons. The van der Waals surface area contributed by atoms with Gasteiger partial charge < -0.3 is 10.1 Å². The number of hydrogen-bond acceptors (Lipinski definition) is 5. The van der Waals surface area contributed by atoms with E-state index in [2.05, 4.69) is 16.5 Å². The van der Waals surface area contributed by atoms with E-state index < -0.39 is 0 Å². The first kappa shape index (κ1) is 19.5. The number of hydrogen-bond donors (Lipinski definition) is 1. The third-order valence-electron chi connectivity index (χ3n) is 5.53. The molecule has 0 radical (unpaired) electrons. The number of amides is 1. The van der Waals surface area contributed by atoms with Crippen LogP contribution in [0.15, 0.2) is 60.2 Å². The molecule has 6 nitrogen and oxygen atoms in total. The minimum absolute atomic E-state index is 0.0542. The molecule has 1 amide bonds. The number of carbonyl (C=O) groups is 1. The lowest BCUT2D eigenvalue weighted by Gasteiger charge is -2.21. The van der Waals surface area contributed by atoms with E-state index in [1.165, 1.54) is 5.56 Å². The first-order valence-electron chi connectivity index (χ1n) is 10.2. The van der Waals surface area contributed by atoms with Gasteiger partial charge in [0.1, 0.15) is 5.75 Å². The van der Waals surface area contributed by atoms with E-state index in [1.54, 1.807) is 30.7 Å². The Bertz CT molecular complexity index is 1260. The van der Waals surface area contributed by atoms with E-state index in [9.17, 15) is 4.79 Å². The Morgan fingerprint density at radius 3 is 3.10 bits per heavy atom. The molecule has 1 unspecified atom stereocenters. The van der Waals surface area contributed by atoms with Crippen LogP contribution in [0.5, 0.6) is 5.75 Å². The van der Waals surface area contributed by atoms with Crippen molar-refractivity contribution in [3.05, 3.63) is 76.4 Å². The summed E-state index contributed by atoms with van der Waals surface area (Å²) in [6, 6.07) is 11.9. The highest BCUT2D eigenvalue weighted by atomic mass is 32.1. The van der Waals surface area contributed by atoms with E-state index in [4.69, 9.17) is 9.84 Å². The van der Waals surface area contributed by atoms with Crippen LogP contribution >= 0.6 is 11.3 Å². The van der Waals surface area contributed by atoms with Crippen LogP contribution in [0.3, 0.4) is 0 Å². The summed E-state index contributed by atoms with van der Waals surface area (Å²) in [6.45, 7) is 0. The second kappa shape index (κ2) is 8.35. The smallest absolute Gasteiger partial charge is 0.244 e. The molecule has 1 aromatic carbocycles. The standard InChI is InChI=1S/C24H22N4O2S/c1-30-18-5-8-22-20(14-18)23(10-11-25-22)28-15-16-13-17(4-7-21(16)27-28)26-24(29)9-6-19-3-2-12-31-19/h2-3,5-6,8-12,14-15,17H,4,7,13H2,1H3,(H,26,29)/b9-6+. The molecule has 0 bridgehead atoms. The maximum atomic E-state index is 12.3. The predicted molar refractivity (Wildman–Crippen MR) is 123 cm³/mol. The number of methoxy groups -OCH3 is 1. The van der Waals surface area contributed by atoms with Crippen molar-refractivity contribution in [3.63, 3.8) is 0 Å². The van der Waals surface area contributed by atoms with Crippen LogP contribution in [0.2, 0.25) is 0 Å². The molecular formula is C24H22N4O2S. The number of nitrogens with zero attached hydrogens (tertiary/aromatic N) is 3. The van der Waals surface area contributed by atoms with Crippen molar-refractivity contribution in [2.24, 2.45) is 0 Å². The van der Waals surface area contributed by atoms with Crippen molar-refractivity contribution >= 4 is 34.2 Å². The Morgan fingerprint density at radius 2 is 2.26 bits per heavy atom. The quantitative estimate of drug-likeness (QED) is 0.483. The van der Waals surface area contributed by atoms with Crippen molar-refractivity contribution in [3.8, 4) is 11.4 Å². The largest absolute Gasteiger partial charge is 0.497 e. The van der Waals surface area contributed by atoms with E-state index in [1.807, 2.05) is 52.5 Å². The second-order valence-electron chi connectivity index (χ2n) is 7.56. The molecule has 0 aliphatic heterocycles. The third-order valence-corrected chi connectivity index (χ3v) is 6.37. The number of nitrogens with one attached hydrogen (secondary N) is 1. The fourth-order valence-electron chi connectivity index (χ4n) is 3.98. The van der Waals surface area contributed by atoms with E-state index in [0.29, 0.717) is 0 Å². The number of pyridine rings is 1. The zero-order valence-corrected chi connectivity index (χ0v) is 17.9.